The van der Waals surface area contributed by atoms with Crippen LogP contribution in [0.4, 0.5) is 0 Å². The second-order valence-corrected chi connectivity index (χ2v) is 5.03. The van der Waals surface area contributed by atoms with Gasteiger partial charge in [0.25, 0.3) is 0 Å². The van der Waals surface area contributed by atoms with E-state index in [1.807, 2.05) is 6.20 Å². The molecule has 18 heavy (non-hydrogen) atoms. The van der Waals surface area contributed by atoms with Crippen LogP contribution in [-0.4, -0.2) is 34.8 Å². The first-order valence-corrected chi connectivity index (χ1v) is 7.11. The zero-order valence-corrected chi connectivity index (χ0v) is 11.7. The molecule has 2 rings (SSSR count). The van der Waals surface area contributed by atoms with Crippen molar-refractivity contribution >= 4 is 0 Å². The lowest BCUT2D eigenvalue weighted by Gasteiger charge is -2.26. The van der Waals surface area contributed by atoms with E-state index in [2.05, 4.69) is 41.8 Å². The molecule has 1 aliphatic heterocycles. The smallest absolute Gasteiger partial charge is 0.110 e. The number of likely N-dealkylation sites (N-methyl/N-ethyl adjacent to an activating group) is 1. The topological polar surface area (TPSA) is 39.1 Å². The van der Waals surface area contributed by atoms with Crippen molar-refractivity contribution in [2.45, 2.75) is 52.3 Å². The third-order valence-electron chi connectivity index (χ3n) is 3.96. The van der Waals surface area contributed by atoms with Crippen LogP contribution in [0.5, 0.6) is 0 Å². The largest absolute Gasteiger partial charge is 0.378 e. The zero-order valence-electron chi connectivity index (χ0n) is 11.7. The molecule has 1 aliphatic rings. The van der Waals surface area contributed by atoms with E-state index in [0.717, 1.165) is 32.5 Å². The molecule has 0 radical (unpaired) electrons. The minimum atomic E-state index is 0.360. The summed E-state index contributed by atoms with van der Waals surface area (Å²) < 4.78 is 7.93. The summed E-state index contributed by atoms with van der Waals surface area (Å²) in [6.45, 7) is 9.41. The molecule has 0 aromatic carbocycles. The number of nitrogens with one attached hydrogen (secondary N) is 1. The number of ether oxygens (including phenoxy) is 1. The number of aromatic nitrogens is 2. The SMILES string of the molecule is CCNC(Cc1nccn1CC)C1CCOC1C. The predicted molar refractivity (Wildman–Crippen MR) is 72.6 cm³/mol. The van der Waals surface area contributed by atoms with Crippen LogP contribution >= 0.6 is 0 Å². The van der Waals surface area contributed by atoms with E-state index in [1.54, 1.807) is 0 Å². The van der Waals surface area contributed by atoms with E-state index in [0.29, 0.717) is 18.1 Å². The zero-order chi connectivity index (χ0) is 13.0. The van der Waals surface area contributed by atoms with Crippen LogP contribution in [-0.2, 0) is 17.7 Å². The van der Waals surface area contributed by atoms with Gasteiger partial charge in [-0.15, -0.1) is 0 Å². The van der Waals surface area contributed by atoms with Crippen molar-refractivity contribution in [1.82, 2.24) is 14.9 Å². The molecule has 0 aliphatic carbocycles. The number of hydrogen-bond donors (Lipinski definition) is 1. The second kappa shape index (κ2) is 6.34. The summed E-state index contributed by atoms with van der Waals surface area (Å²) in [6.07, 6.45) is 6.47. The van der Waals surface area contributed by atoms with E-state index in [9.17, 15) is 0 Å². The first-order valence-electron chi connectivity index (χ1n) is 7.11. The van der Waals surface area contributed by atoms with Gasteiger partial charge in [0.15, 0.2) is 0 Å². The molecule has 2 heterocycles. The van der Waals surface area contributed by atoms with Gasteiger partial charge < -0.3 is 14.6 Å². The van der Waals surface area contributed by atoms with Gasteiger partial charge in [-0.1, -0.05) is 6.92 Å². The van der Waals surface area contributed by atoms with E-state index in [4.69, 9.17) is 4.74 Å². The lowest BCUT2D eigenvalue weighted by molar-refractivity contribution is 0.0952. The summed E-state index contributed by atoms with van der Waals surface area (Å²) in [6, 6.07) is 0.472. The number of nitrogens with zero attached hydrogens (tertiary/aromatic N) is 2. The predicted octanol–water partition coefficient (Wildman–Crippen LogP) is 1.85. The van der Waals surface area contributed by atoms with Gasteiger partial charge in [-0.2, -0.15) is 0 Å². The van der Waals surface area contributed by atoms with Crippen molar-refractivity contribution in [1.29, 1.82) is 0 Å². The molecule has 3 atom stereocenters. The van der Waals surface area contributed by atoms with E-state index < -0.39 is 0 Å². The number of aryl methyl sites for hydroxylation is 1. The normalized spacial score (nSPS) is 25.5. The highest BCUT2D eigenvalue weighted by Gasteiger charge is 2.32. The van der Waals surface area contributed by atoms with E-state index >= 15 is 0 Å². The maximum Gasteiger partial charge on any atom is 0.110 e. The van der Waals surface area contributed by atoms with Crippen LogP contribution in [0.25, 0.3) is 0 Å². The Hall–Kier alpha value is -0.870. The number of rotatable bonds is 6. The van der Waals surface area contributed by atoms with Crippen molar-refractivity contribution in [3.05, 3.63) is 18.2 Å². The molecule has 102 valence electrons. The monoisotopic (exact) mass is 251 g/mol. The first-order chi connectivity index (χ1) is 8.76. The van der Waals surface area contributed by atoms with Crippen LogP contribution in [0.2, 0.25) is 0 Å². The van der Waals surface area contributed by atoms with Gasteiger partial charge in [0, 0.05) is 43.9 Å². The molecule has 0 bridgehead atoms. The van der Waals surface area contributed by atoms with Crippen LogP contribution in [0.15, 0.2) is 12.4 Å². The minimum absolute atomic E-state index is 0.360. The van der Waals surface area contributed by atoms with Gasteiger partial charge in [0.1, 0.15) is 5.82 Å². The molecule has 1 N–H and O–H groups in total. The van der Waals surface area contributed by atoms with Crippen LogP contribution in [0.1, 0.15) is 33.0 Å². The quantitative estimate of drug-likeness (QED) is 0.838. The van der Waals surface area contributed by atoms with Gasteiger partial charge in [-0.25, -0.2) is 4.98 Å². The summed E-state index contributed by atoms with van der Waals surface area (Å²) in [7, 11) is 0. The Morgan fingerprint density at radius 3 is 3.00 bits per heavy atom. The van der Waals surface area contributed by atoms with Crippen molar-refractivity contribution in [2.75, 3.05) is 13.2 Å². The molecule has 0 saturated carbocycles. The van der Waals surface area contributed by atoms with Gasteiger partial charge in [0.2, 0.25) is 0 Å². The maximum absolute atomic E-state index is 5.70. The molecule has 4 nitrogen and oxygen atoms in total. The molecule has 1 saturated heterocycles. The third kappa shape index (κ3) is 2.93. The Balaban J connectivity index is 2.06. The standard InChI is InChI=1S/C14H25N3O/c1-4-15-13(12-6-9-18-11(12)3)10-14-16-7-8-17(14)5-2/h7-8,11-13,15H,4-6,9-10H2,1-3H3. The lowest BCUT2D eigenvalue weighted by atomic mass is 9.91. The Kier molecular flexibility index (Phi) is 4.78. The first kappa shape index (κ1) is 13.6. The third-order valence-corrected chi connectivity index (χ3v) is 3.96. The van der Waals surface area contributed by atoms with Crippen LogP contribution in [0, 0.1) is 5.92 Å². The molecule has 1 aromatic rings. The van der Waals surface area contributed by atoms with Gasteiger partial charge in [-0.3, -0.25) is 0 Å². The highest BCUT2D eigenvalue weighted by atomic mass is 16.5. The number of imidazole rings is 1. The molecular weight excluding hydrogens is 226 g/mol. The van der Waals surface area contributed by atoms with Crippen LogP contribution in [0.3, 0.4) is 0 Å². The fourth-order valence-corrected chi connectivity index (χ4v) is 2.93. The fourth-order valence-electron chi connectivity index (χ4n) is 2.93. The molecule has 0 spiro atoms. The van der Waals surface area contributed by atoms with Crippen molar-refractivity contribution < 1.29 is 4.74 Å². The Bertz CT molecular complexity index is 364. The summed E-state index contributed by atoms with van der Waals surface area (Å²) >= 11 is 0. The van der Waals surface area contributed by atoms with Crippen molar-refractivity contribution in [3.63, 3.8) is 0 Å². The average Bonchev–Trinajstić information content (AvgIpc) is 2.97. The fraction of sp³-hybridized carbons (Fsp3) is 0.786. The molecule has 3 unspecified atom stereocenters. The minimum Gasteiger partial charge on any atom is -0.378 e. The Morgan fingerprint density at radius 1 is 1.56 bits per heavy atom. The highest BCUT2D eigenvalue weighted by molar-refractivity contribution is 4.98. The molecule has 1 aromatic heterocycles. The summed E-state index contributed by atoms with van der Waals surface area (Å²) in [5.41, 5.74) is 0. The average molecular weight is 251 g/mol. The highest BCUT2D eigenvalue weighted by Crippen LogP contribution is 2.25. The maximum atomic E-state index is 5.70. The van der Waals surface area contributed by atoms with Gasteiger partial charge >= 0.3 is 0 Å². The molecular formula is C14H25N3O. The lowest BCUT2D eigenvalue weighted by Crippen LogP contribution is -2.41. The summed E-state index contributed by atoms with van der Waals surface area (Å²) in [4.78, 5) is 4.49. The molecule has 4 heteroatoms. The van der Waals surface area contributed by atoms with Gasteiger partial charge in [-0.05, 0) is 26.8 Å². The number of hydrogen-bond acceptors (Lipinski definition) is 3. The Morgan fingerprint density at radius 2 is 2.39 bits per heavy atom. The van der Waals surface area contributed by atoms with Crippen molar-refractivity contribution in [3.8, 4) is 0 Å². The van der Waals surface area contributed by atoms with E-state index in [1.165, 1.54) is 5.82 Å². The Labute approximate surface area is 110 Å². The van der Waals surface area contributed by atoms with Gasteiger partial charge in [0.05, 0.1) is 6.10 Å². The van der Waals surface area contributed by atoms with Crippen molar-refractivity contribution in [2.24, 2.45) is 5.92 Å². The van der Waals surface area contributed by atoms with Crippen LogP contribution < -0.4 is 5.32 Å². The molecule has 1 fully saturated rings. The summed E-state index contributed by atoms with van der Waals surface area (Å²) in [5, 5.41) is 3.61. The molecule has 0 amide bonds. The second-order valence-electron chi connectivity index (χ2n) is 5.03. The summed E-state index contributed by atoms with van der Waals surface area (Å²) in [5.74, 6) is 1.79. The van der Waals surface area contributed by atoms with E-state index in [-0.39, 0.29) is 0 Å².